The molecule has 1 aliphatic rings. The molecule has 12 nitrogen and oxygen atoms in total. The van der Waals surface area contributed by atoms with Crippen LogP contribution in [0.15, 0.2) is 107 Å². The summed E-state index contributed by atoms with van der Waals surface area (Å²) < 4.78 is 30.9. The van der Waals surface area contributed by atoms with Gasteiger partial charge in [-0.1, -0.05) is 48.3 Å². The summed E-state index contributed by atoms with van der Waals surface area (Å²) in [5, 5.41) is 4.91. The second kappa shape index (κ2) is 14.7. The zero-order valence-electron chi connectivity index (χ0n) is 28.5. The van der Waals surface area contributed by atoms with Crippen LogP contribution in [0.4, 0.5) is 0 Å². The monoisotopic (exact) mass is 706 g/mol. The summed E-state index contributed by atoms with van der Waals surface area (Å²) in [6, 6.07) is 19.0. The fourth-order valence-electron chi connectivity index (χ4n) is 5.76. The van der Waals surface area contributed by atoms with Gasteiger partial charge in [0.1, 0.15) is 12.3 Å². The second-order valence-corrected chi connectivity index (χ2v) is 12.3. The molecule has 0 aliphatic carbocycles. The van der Waals surface area contributed by atoms with Crippen molar-refractivity contribution >= 4 is 29.4 Å². The Balaban J connectivity index is 1.56. The van der Waals surface area contributed by atoms with E-state index in [4.69, 9.17) is 33.8 Å². The molecule has 13 heteroatoms. The van der Waals surface area contributed by atoms with E-state index >= 15 is 0 Å². The minimum absolute atomic E-state index is 0.0359. The minimum atomic E-state index is -0.946. The fourth-order valence-corrected chi connectivity index (χ4v) is 6.80. The number of methoxy groups -OCH3 is 3. The maximum atomic E-state index is 14.5. The van der Waals surface area contributed by atoms with Crippen LogP contribution in [0.5, 0.6) is 23.0 Å². The number of rotatable bonds is 11. The number of allylic oxidation sites excluding steroid dienone is 1. The van der Waals surface area contributed by atoms with Gasteiger partial charge in [-0.25, -0.2) is 14.5 Å². The maximum Gasteiger partial charge on any atom is 0.338 e. The molecule has 0 radical (unpaired) electrons. The lowest BCUT2D eigenvalue weighted by molar-refractivity contribution is -0.138. The van der Waals surface area contributed by atoms with E-state index < -0.39 is 18.0 Å². The van der Waals surface area contributed by atoms with E-state index in [0.29, 0.717) is 43.4 Å². The first-order chi connectivity index (χ1) is 24.7. The Morgan fingerprint density at radius 2 is 1.65 bits per heavy atom. The van der Waals surface area contributed by atoms with Crippen molar-refractivity contribution in [3.63, 3.8) is 0 Å². The SMILES string of the molecule is C=CCOC(=O)C1=C(C)N=c2s/c(=C\c3cn(-c4ccccc4)nc3-c3ccc(OC)c(OC)c3)c(=O)n2C1c1ccc(OC(C)=O)c(OC)c1. The first-order valence-electron chi connectivity index (χ1n) is 15.7. The van der Waals surface area contributed by atoms with Crippen molar-refractivity contribution in [3.05, 3.63) is 128 Å². The first kappa shape index (κ1) is 34.6. The van der Waals surface area contributed by atoms with E-state index in [-0.39, 0.29) is 29.2 Å². The first-order valence-corrected chi connectivity index (χ1v) is 16.5. The molecule has 0 bridgehead atoms. The number of benzene rings is 3. The molecular weight excluding hydrogens is 673 g/mol. The molecule has 2 aromatic heterocycles. The van der Waals surface area contributed by atoms with E-state index in [1.165, 1.54) is 36.0 Å². The van der Waals surface area contributed by atoms with Crippen molar-refractivity contribution < 1.29 is 33.3 Å². The molecule has 1 atom stereocenters. The Kier molecular flexibility index (Phi) is 10.0. The highest BCUT2D eigenvalue weighted by molar-refractivity contribution is 7.07. The van der Waals surface area contributed by atoms with Crippen LogP contribution >= 0.6 is 11.3 Å². The predicted octanol–water partition coefficient (Wildman–Crippen LogP) is 4.77. The molecule has 0 spiro atoms. The fraction of sp³-hybridized carbons (Fsp3) is 0.184. The summed E-state index contributed by atoms with van der Waals surface area (Å²) in [6.07, 6.45) is 5.07. The van der Waals surface area contributed by atoms with E-state index in [0.717, 1.165) is 11.3 Å². The van der Waals surface area contributed by atoms with E-state index in [1.54, 1.807) is 56.2 Å². The Hall–Kier alpha value is -6.21. The minimum Gasteiger partial charge on any atom is -0.493 e. The van der Waals surface area contributed by atoms with Crippen LogP contribution in [0.1, 0.15) is 31.0 Å². The molecule has 0 amide bonds. The average molecular weight is 707 g/mol. The highest BCUT2D eigenvalue weighted by Gasteiger charge is 2.34. The van der Waals surface area contributed by atoms with Crippen LogP contribution in [-0.2, 0) is 14.3 Å². The summed E-state index contributed by atoms with van der Waals surface area (Å²) in [6.45, 7) is 6.58. The van der Waals surface area contributed by atoms with Crippen LogP contribution in [0.25, 0.3) is 23.0 Å². The number of carbonyl (C=O) groups is 2. The van der Waals surface area contributed by atoms with Gasteiger partial charge in [-0.3, -0.25) is 14.2 Å². The number of ether oxygens (including phenoxy) is 5. The molecule has 3 aromatic carbocycles. The maximum absolute atomic E-state index is 14.5. The van der Waals surface area contributed by atoms with E-state index in [1.807, 2.05) is 48.7 Å². The van der Waals surface area contributed by atoms with Crippen LogP contribution in [0.2, 0.25) is 0 Å². The lowest BCUT2D eigenvalue weighted by atomic mass is 9.95. The third kappa shape index (κ3) is 6.83. The van der Waals surface area contributed by atoms with Crippen LogP contribution in [-0.4, -0.2) is 54.2 Å². The standard InChI is InChI=1S/C38H34N4O8S/c1-7-17-49-37(45)33-22(2)39-38-42(35(33)25-14-16-29(50-23(3)43)31(19-25)48-6)36(44)32(51-38)20-26-21-41(27-11-9-8-10-12-27)40-34(26)24-13-15-28(46-4)30(18-24)47-5/h7-16,18-21,35H,1,17H2,2-6H3/b32-20-. The zero-order chi connectivity index (χ0) is 36.2. The molecule has 0 N–H and O–H groups in total. The number of hydrogen-bond acceptors (Lipinski definition) is 11. The summed E-state index contributed by atoms with van der Waals surface area (Å²) in [5.41, 5.74) is 3.48. The van der Waals surface area contributed by atoms with E-state index in [9.17, 15) is 14.4 Å². The number of nitrogens with zero attached hydrogens (tertiary/aromatic N) is 4. The van der Waals surface area contributed by atoms with Crippen LogP contribution < -0.4 is 33.8 Å². The lowest BCUT2D eigenvalue weighted by Gasteiger charge is -2.25. The largest absolute Gasteiger partial charge is 0.493 e. The third-order valence-electron chi connectivity index (χ3n) is 8.04. The van der Waals surface area contributed by atoms with Gasteiger partial charge >= 0.3 is 11.9 Å². The molecular formula is C38H34N4O8S. The van der Waals surface area contributed by atoms with Gasteiger partial charge in [0.05, 0.1) is 48.9 Å². The van der Waals surface area contributed by atoms with Crippen molar-refractivity contribution in [1.29, 1.82) is 0 Å². The van der Waals surface area contributed by atoms with Crippen molar-refractivity contribution in [3.8, 4) is 39.9 Å². The van der Waals surface area contributed by atoms with Crippen molar-refractivity contribution in [2.45, 2.75) is 19.9 Å². The number of carbonyl (C=O) groups excluding carboxylic acids is 2. The van der Waals surface area contributed by atoms with Crippen molar-refractivity contribution in [2.75, 3.05) is 27.9 Å². The Bertz CT molecular complexity index is 2370. The number of fused-ring (bicyclic) bond motifs is 1. The highest BCUT2D eigenvalue weighted by Crippen LogP contribution is 2.37. The Labute approximate surface area is 296 Å². The molecule has 1 aliphatic heterocycles. The Morgan fingerprint density at radius 1 is 0.941 bits per heavy atom. The Morgan fingerprint density at radius 3 is 2.33 bits per heavy atom. The van der Waals surface area contributed by atoms with Gasteiger partial charge in [-0.2, -0.15) is 5.10 Å². The van der Waals surface area contributed by atoms with E-state index in [2.05, 4.69) is 6.58 Å². The number of thiazole rings is 1. The van der Waals surface area contributed by atoms with Gasteiger partial charge in [-0.15, -0.1) is 0 Å². The number of esters is 2. The van der Waals surface area contributed by atoms with Gasteiger partial charge in [0, 0.05) is 24.2 Å². The molecule has 0 saturated carbocycles. The van der Waals surface area contributed by atoms with Crippen molar-refractivity contribution in [1.82, 2.24) is 14.3 Å². The lowest BCUT2D eigenvalue weighted by Crippen LogP contribution is -2.40. The highest BCUT2D eigenvalue weighted by atomic mass is 32.1. The van der Waals surface area contributed by atoms with Crippen molar-refractivity contribution in [2.24, 2.45) is 4.99 Å². The second-order valence-electron chi connectivity index (χ2n) is 11.3. The van der Waals surface area contributed by atoms with Gasteiger partial charge in [0.25, 0.3) is 5.56 Å². The van der Waals surface area contributed by atoms with Gasteiger partial charge in [0.15, 0.2) is 27.8 Å². The summed E-state index contributed by atoms with van der Waals surface area (Å²) in [5.74, 6) is 0.340. The topological polar surface area (TPSA) is 132 Å². The van der Waals surface area contributed by atoms with Crippen LogP contribution in [0, 0.1) is 0 Å². The van der Waals surface area contributed by atoms with Crippen LogP contribution in [0.3, 0.4) is 0 Å². The summed E-state index contributed by atoms with van der Waals surface area (Å²) in [7, 11) is 4.56. The summed E-state index contributed by atoms with van der Waals surface area (Å²) in [4.78, 5) is 44.8. The molecule has 0 saturated heterocycles. The van der Waals surface area contributed by atoms with Gasteiger partial charge in [-0.05, 0) is 61.0 Å². The summed E-state index contributed by atoms with van der Waals surface area (Å²) >= 11 is 1.18. The number of aromatic nitrogens is 3. The third-order valence-corrected chi connectivity index (χ3v) is 9.02. The zero-order valence-corrected chi connectivity index (χ0v) is 29.4. The molecule has 51 heavy (non-hydrogen) atoms. The molecule has 1 unspecified atom stereocenters. The molecule has 3 heterocycles. The molecule has 5 aromatic rings. The average Bonchev–Trinajstić information content (AvgIpc) is 3.70. The van der Waals surface area contributed by atoms with Gasteiger partial charge < -0.3 is 23.7 Å². The smallest absolute Gasteiger partial charge is 0.338 e. The molecule has 260 valence electrons. The molecule has 6 rings (SSSR count). The quantitative estimate of drug-likeness (QED) is 0.108. The number of para-hydroxylation sites is 1. The predicted molar refractivity (Wildman–Crippen MR) is 191 cm³/mol. The normalized spacial score (nSPS) is 14.0. The molecule has 0 fully saturated rings. The number of hydrogen-bond donors (Lipinski definition) is 0. The van der Waals surface area contributed by atoms with Gasteiger partial charge in [0.2, 0.25) is 0 Å².